The van der Waals surface area contributed by atoms with Crippen LogP contribution in [0.3, 0.4) is 0 Å². The molecule has 1 fully saturated rings. The highest BCUT2D eigenvalue weighted by Gasteiger charge is 2.11. The lowest BCUT2D eigenvalue weighted by Crippen LogP contribution is -2.27. The molecule has 2 heterocycles. The number of aromatic nitrogens is 2. The summed E-state index contributed by atoms with van der Waals surface area (Å²) in [7, 11) is 0. The molecule has 0 saturated carbocycles. The van der Waals surface area contributed by atoms with Gasteiger partial charge in [0.1, 0.15) is 0 Å². The summed E-state index contributed by atoms with van der Waals surface area (Å²) in [5.41, 5.74) is 6.16. The number of hydrogen-bond donors (Lipinski definition) is 1. The summed E-state index contributed by atoms with van der Waals surface area (Å²) >= 11 is 2.00. The van der Waals surface area contributed by atoms with Gasteiger partial charge in [-0.25, -0.2) is 9.97 Å². The lowest BCUT2D eigenvalue weighted by Gasteiger charge is -2.19. The van der Waals surface area contributed by atoms with Gasteiger partial charge in [0.05, 0.1) is 18.1 Å². The summed E-state index contributed by atoms with van der Waals surface area (Å²) in [4.78, 5) is 10.7. The molecule has 1 aromatic heterocycles. The number of anilines is 2. The van der Waals surface area contributed by atoms with E-state index in [4.69, 9.17) is 5.73 Å². The van der Waals surface area contributed by atoms with Crippen LogP contribution in [-0.2, 0) is 0 Å². The highest BCUT2D eigenvalue weighted by molar-refractivity contribution is 7.99. The fourth-order valence-electron chi connectivity index (χ4n) is 1.44. The number of nitrogens with zero attached hydrogens (tertiary/aromatic N) is 3. The van der Waals surface area contributed by atoms with Crippen molar-refractivity contribution in [3.05, 3.63) is 12.4 Å². The number of hydrogen-bond acceptors (Lipinski definition) is 5. The Balaban J connectivity index is 2.08. The van der Waals surface area contributed by atoms with Crippen molar-refractivity contribution in [3.8, 4) is 0 Å². The molecule has 0 atom stereocenters. The Hall–Kier alpha value is -0.970. The number of nitrogens with two attached hydrogens (primary N) is 1. The smallest absolute Gasteiger partial charge is 0.225 e. The summed E-state index contributed by atoms with van der Waals surface area (Å²) in [6.07, 6.45) is 4.54. The summed E-state index contributed by atoms with van der Waals surface area (Å²) in [6.45, 7) is 2.09. The van der Waals surface area contributed by atoms with Crippen molar-refractivity contribution in [1.29, 1.82) is 0 Å². The van der Waals surface area contributed by atoms with E-state index in [1.807, 2.05) is 11.8 Å². The Morgan fingerprint density at radius 2 is 2.00 bits per heavy atom. The minimum atomic E-state index is 0.623. The van der Waals surface area contributed by atoms with Crippen molar-refractivity contribution in [2.45, 2.75) is 6.42 Å². The lowest BCUT2D eigenvalue weighted by atomic mass is 10.4. The average Bonchev–Trinajstić information content (AvgIpc) is 2.47. The normalized spacial score (nSPS) is 17.9. The van der Waals surface area contributed by atoms with E-state index in [1.54, 1.807) is 12.4 Å². The number of nitrogen functional groups attached to an aromatic ring is 1. The average molecular weight is 210 g/mol. The minimum Gasteiger partial charge on any atom is -0.396 e. The summed E-state index contributed by atoms with van der Waals surface area (Å²) in [6, 6.07) is 0. The van der Waals surface area contributed by atoms with Crippen LogP contribution < -0.4 is 10.6 Å². The molecule has 0 unspecified atom stereocenters. The van der Waals surface area contributed by atoms with Crippen LogP contribution in [0.15, 0.2) is 12.4 Å². The molecule has 2 rings (SSSR count). The molecule has 1 aliphatic rings. The first-order chi connectivity index (χ1) is 6.86. The Kier molecular flexibility index (Phi) is 3.08. The third-order valence-electron chi connectivity index (χ3n) is 2.16. The summed E-state index contributed by atoms with van der Waals surface area (Å²) in [5, 5.41) is 0. The van der Waals surface area contributed by atoms with E-state index < -0.39 is 0 Å². The molecular weight excluding hydrogens is 196 g/mol. The van der Waals surface area contributed by atoms with Gasteiger partial charge in [-0.15, -0.1) is 0 Å². The molecule has 14 heavy (non-hydrogen) atoms. The fourth-order valence-corrected chi connectivity index (χ4v) is 2.33. The highest BCUT2D eigenvalue weighted by Crippen LogP contribution is 2.14. The van der Waals surface area contributed by atoms with Crippen LogP contribution in [0, 0.1) is 0 Å². The largest absolute Gasteiger partial charge is 0.396 e. The first kappa shape index (κ1) is 9.58. The molecule has 0 aliphatic carbocycles. The first-order valence-electron chi connectivity index (χ1n) is 4.76. The maximum atomic E-state index is 5.54. The molecule has 4 nitrogen and oxygen atoms in total. The van der Waals surface area contributed by atoms with Gasteiger partial charge in [0.2, 0.25) is 5.95 Å². The zero-order chi connectivity index (χ0) is 9.80. The van der Waals surface area contributed by atoms with Gasteiger partial charge in [0, 0.05) is 18.8 Å². The molecule has 1 aliphatic heterocycles. The van der Waals surface area contributed by atoms with Crippen LogP contribution >= 0.6 is 11.8 Å². The zero-order valence-corrected chi connectivity index (χ0v) is 8.83. The third-order valence-corrected chi connectivity index (χ3v) is 3.21. The van der Waals surface area contributed by atoms with Gasteiger partial charge in [-0.05, 0) is 12.2 Å². The summed E-state index contributed by atoms with van der Waals surface area (Å²) in [5.74, 6) is 3.21. The highest BCUT2D eigenvalue weighted by atomic mass is 32.2. The molecule has 0 spiro atoms. The van der Waals surface area contributed by atoms with E-state index >= 15 is 0 Å². The third kappa shape index (κ3) is 2.29. The van der Waals surface area contributed by atoms with E-state index in [1.165, 1.54) is 12.2 Å². The maximum absolute atomic E-state index is 5.54. The topological polar surface area (TPSA) is 55.0 Å². The van der Waals surface area contributed by atoms with Crippen molar-refractivity contribution in [2.75, 3.05) is 35.2 Å². The second-order valence-electron chi connectivity index (χ2n) is 3.27. The summed E-state index contributed by atoms with van der Waals surface area (Å²) < 4.78 is 0. The fraction of sp³-hybridized carbons (Fsp3) is 0.556. The van der Waals surface area contributed by atoms with Crippen molar-refractivity contribution >= 4 is 23.4 Å². The predicted molar refractivity (Wildman–Crippen MR) is 60.6 cm³/mol. The van der Waals surface area contributed by atoms with E-state index in [0.717, 1.165) is 24.8 Å². The molecule has 2 N–H and O–H groups in total. The molecule has 1 aromatic rings. The molecule has 76 valence electrons. The Morgan fingerprint density at radius 1 is 1.21 bits per heavy atom. The Morgan fingerprint density at radius 3 is 2.79 bits per heavy atom. The van der Waals surface area contributed by atoms with Gasteiger partial charge >= 0.3 is 0 Å². The lowest BCUT2D eigenvalue weighted by molar-refractivity contribution is 0.783. The van der Waals surface area contributed by atoms with Gasteiger partial charge in [-0.2, -0.15) is 11.8 Å². The molecule has 0 bridgehead atoms. The molecule has 5 heteroatoms. The van der Waals surface area contributed by atoms with E-state index in [0.29, 0.717) is 5.69 Å². The minimum absolute atomic E-state index is 0.623. The monoisotopic (exact) mass is 210 g/mol. The second kappa shape index (κ2) is 4.50. The first-order valence-corrected chi connectivity index (χ1v) is 5.92. The van der Waals surface area contributed by atoms with Crippen LogP contribution in [0.1, 0.15) is 6.42 Å². The van der Waals surface area contributed by atoms with Crippen LogP contribution in [-0.4, -0.2) is 34.6 Å². The Bertz CT molecular complexity index is 279. The van der Waals surface area contributed by atoms with Gasteiger partial charge in [-0.3, -0.25) is 0 Å². The standard InChI is InChI=1S/C9H14N4S/c10-8-6-11-9(12-7-8)13-2-1-4-14-5-3-13/h6-7H,1-5,10H2. The van der Waals surface area contributed by atoms with Gasteiger partial charge in [-0.1, -0.05) is 0 Å². The van der Waals surface area contributed by atoms with Crippen LogP contribution in [0.25, 0.3) is 0 Å². The van der Waals surface area contributed by atoms with E-state index in [-0.39, 0.29) is 0 Å². The van der Waals surface area contributed by atoms with E-state index in [2.05, 4.69) is 14.9 Å². The zero-order valence-electron chi connectivity index (χ0n) is 8.02. The Labute approximate surface area is 87.9 Å². The maximum Gasteiger partial charge on any atom is 0.225 e. The quantitative estimate of drug-likeness (QED) is 0.749. The van der Waals surface area contributed by atoms with Crippen LogP contribution in [0.5, 0.6) is 0 Å². The van der Waals surface area contributed by atoms with Crippen LogP contribution in [0.2, 0.25) is 0 Å². The molecular formula is C9H14N4S. The van der Waals surface area contributed by atoms with Crippen LogP contribution in [0.4, 0.5) is 11.6 Å². The molecule has 0 radical (unpaired) electrons. The molecule has 1 saturated heterocycles. The van der Waals surface area contributed by atoms with Crippen molar-refractivity contribution in [2.24, 2.45) is 0 Å². The molecule has 0 aromatic carbocycles. The predicted octanol–water partition coefficient (Wildman–Crippen LogP) is 1.00. The van der Waals surface area contributed by atoms with Crippen molar-refractivity contribution < 1.29 is 0 Å². The SMILES string of the molecule is Nc1cnc(N2CCCSCC2)nc1. The van der Waals surface area contributed by atoms with E-state index in [9.17, 15) is 0 Å². The molecule has 0 amide bonds. The number of thioether (sulfide) groups is 1. The van der Waals surface area contributed by atoms with Gasteiger partial charge in [0.25, 0.3) is 0 Å². The van der Waals surface area contributed by atoms with Crippen molar-refractivity contribution in [1.82, 2.24) is 9.97 Å². The van der Waals surface area contributed by atoms with Crippen molar-refractivity contribution in [3.63, 3.8) is 0 Å². The van der Waals surface area contributed by atoms with Gasteiger partial charge in [0.15, 0.2) is 0 Å². The number of rotatable bonds is 1. The van der Waals surface area contributed by atoms with Gasteiger partial charge < -0.3 is 10.6 Å². The second-order valence-corrected chi connectivity index (χ2v) is 4.49.